The number of benzene rings is 3. The quantitative estimate of drug-likeness (QED) is 0.199. The van der Waals surface area contributed by atoms with Crippen molar-refractivity contribution in [3.63, 3.8) is 0 Å². The van der Waals surface area contributed by atoms with Crippen molar-refractivity contribution in [1.29, 1.82) is 0 Å². The first-order chi connectivity index (χ1) is 22.9. The lowest BCUT2D eigenvalue weighted by Crippen LogP contribution is -2.76. The second-order valence-electron chi connectivity index (χ2n) is 11.3. The van der Waals surface area contributed by atoms with Crippen LogP contribution in [0.15, 0.2) is 91.0 Å². The van der Waals surface area contributed by atoms with E-state index >= 15 is 0 Å². The number of fused-ring (bicyclic) bond motifs is 2. The molecule has 242 valence electrons. The lowest BCUT2D eigenvalue weighted by atomic mass is 9.97. The Kier molecular flexibility index (Phi) is 9.57. The Morgan fingerprint density at radius 2 is 1.83 bits per heavy atom. The molecular formula is C34H35N7O5S. The molecule has 13 heteroatoms. The molecular weight excluding hydrogens is 618 g/mol. The number of hydrogen-bond donors (Lipinski definition) is 2. The van der Waals surface area contributed by atoms with Crippen molar-refractivity contribution in [1.82, 2.24) is 35.6 Å². The molecule has 2 atom stereocenters. The number of para-hydroxylation sites is 1. The van der Waals surface area contributed by atoms with Crippen LogP contribution in [0.25, 0.3) is 10.2 Å². The molecule has 3 aromatic carbocycles. The third-order valence-corrected chi connectivity index (χ3v) is 9.10. The molecule has 1 aromatic heterocycles. The molecule has 0 bridgehead atoms. The molecule has 0 unspecified atom stereocenters. The van der Waals surface area contributed by atoms with E-state index in [9.17, 15) is 19.2 Å². The molecule has 2 fully saturated rings. The van der Waals surface area contributed by atoms with Gasteiger partial charge in [0.05, 0.1) is 35.9 Å². The largest absolute Gasteiger partial charge is 0.334 e. The van der Waals surface area contributed by atoms with Crippen LogP contribution in [0, 0.1) is 0 Å². The number of aromatic nitrogens is 1. The zero-order chi connectivity index (χ0) is 32.9. The fraction of sp³-hybridized carbons (Fsp3) is 0.265. The van der Waals surface area contributed by atoms with Crippen LogP contribution in [0.3, 0.4) is 0 Å². The molecule has 4 aromatic rings. The SMILES string of the molecule is C=CCN1CC(=O)N2[C@@H](Cc3ccc(C(=O)NOC)cc3)C(=O)N(Cc3cccc4scnc34)C[C@@H]2N1C(=O)NCc1ccccc1. The van der Waals surface area contributed by atoms with Gasteiger partial charge in [0, 0.05) is 31.6 Å². The number of hydroxylamine groups is 1. The van der Waals surface area contributed by atoms with E-state index in [-0.39, 0.29) is 50.4 Å². The summed E-state index contributed by atoms with van der Waals surface area (Å²) in [4.78, 5) is 67.0. The molecule has 0 radical (unpaired) electrons. The molecule has 0 aliphatic carbocycles. The first-order valence-electron chi connectivity index (χ1n) is 15.2. The van der Waals surface area contributed by atoms with Crippen LogP contribution in [0.5, 0.6) is 0 Å². The number of hydrazine groups is 1. The van der Waals surface area contributed by atoms with Gasteiger partial charge in [-0.25, -0.2) is 25.3 Å². The van der Waals surface area contributed by atoms with Crippen LogP contribution in [0.4, 0.5) is 4.79 Å². The van der Waals surface area contributed by atoms with Crippen molar-refractivity contribution in [3.05, 3.63) is 113 Å². The lowest BCUT2D eigenvalue weighted by Gasteiger charge is -2.55. The minimum absolute atomic E-state index is 0.0979. The maximum atomic E-state index is 14.3. The van der Waals surface area contributed by atoms with E-state index in [0.29, 0.717) is 12.1 Å². The Morgan fingerprint density at radius 1 is 1.04 bits per heavy atom. The fourth-order valence-electron chi connectivity index (χ4n) is 6.14. The van der Waals surface area contributed by atoms with Gasteiger partial charge in [-0.3, -0.25) is 19.2 Å². The predicted octanol–water partition coefficient (Wildman–Crippen LogP) is 3.32. The number of nitrogens with one attached hydrogen (secondary N) is 2. The molecule has 5 amide bonds. The van der Waals surface area contributed by atoms with Gasteiger partial charge in [0.2, 0.25) is 11.8 Å². The molecule has 12 nitrogen and oxygen atoms in total. The number of carbonyl (C=O) groups is 4. The topological polar surface area (TPSA) is 127 Å². The summed E-state index contributed by atoms with van der Waals surface area (Å²) >= 11 is 1.52. The summed E-state index contributed by atoms with van der Waals surface area (Å²) in [6, 6.07) is 20.9. The minimum Gasteiger partial charge on any atom is -0.333 e. The monoisotopic (exact) mass is 653 g/mol. The Balaban J connectivity index is 1.35. The number of amides is 5. The highest BCUT2D eigenvalue weighted by Crippen LogP contribution is 2.31. The normalized spacial score (nSPS) is 18.3. The van der Waals surface area contributed by atoms with Gasteiger partial charge >= 0.3 is 6.03 Å². The summed E-state index contributed by atoms with van der Waals surface area (Å²) < 4.78 is 1.01. The first-order valence-corrected chi connectivity index (χ1v) is 16.1. The highest BCUT2D eigenvalue weighted by atomic mass is 32.1. The smallest absolute Gasteiger partial charge is 0.333 e. The summed E-state index contributed by atoms with van der Waals surface area (Å²) in [5, 5.41) is 6.23. The standard InChI is InChI=1S/C34H35N7O5S/c1-3-16-39-21-30(42)40-27(17-23-12-14-25(15-13-23)32(43)37-46-2)33(44)38(19-26-10-7-11-28-31(26)36-22-47-28)20-29(40)41(39)34(45)35-18-24-8-5-4-6-9-24/h3-15,22,27,29H,1,16-21H2,2H3,(H,35,45)(H,37,43)/t27-,29-/m0/s1. The van der Waals surface area contributed by atoms with E-state index in [1.807, 2.05) is 48.5 Å². The summed E-state index contributed by atoms with van der Waals surface area (Å²) in [6.07, 6.45) is 1.05. The molecule has 6 rings (SSSR count). The number of rotatable bonds is 10. The van der Waals surface area contributed by atoms with E-state index in [1.165, 1.54) is 18.4 Å². The molecule has 2 N–H and O–H groups in total. The van der Waals surface area contributed by atoms with Crippen LogP contribution in [0.2, 0.25) is 0 Å². The van der Waals surface area contributed by atoms with Crippen LogP contribution in [-0.4, -0.2) is 87.5 Å². The second kappa shape index (κ2) is 14.1. The third-order valence-electron chi connectivity index (χ3n) is 8.31. The lowest BCUT2D eigenvalue weighted by molar-refractivity contribution is -0.189. The van der Waals surface area contributed by atoms with E-state index < -0.39 is 18.1 Å². The molecule has 2 aliphatic heterocycles. The van der Waals surface area contributed by atoms with Crippen LogP contribution in [-0.2, 0) is 33.9 Å². The van der Waals surface area contributed by atoms with Gasteiger partial charge in [0.15, 0.2) is 0 Å². The van der Waals surface area contributed by atoms with E-state index in [1.54, 1.807) is 55.7 Å². The molecule has 3 heterocycles. The zero-order valence-electron chi connectivity index (χ0n) is 25.9. The van der Waals surface area contributed by atoms with Gasteiger partial charge in [0.25, 0.3) is 5.91 Å². The van der Waals surface area contributed by atoms with Gasteiger partial charge in [-0.1, -0.05) is 60.7 Å². The van der Waals surface area contributed by atoms with Gasteiger partial charge in [-0.2, -0.15) is 0 Å². The molecule has 2 aliphatic rings. The maximum Gasteiger partial charge on any atom is 0.334 e. The molecule has 47 heavy (non-hydrogen) atoms. The van der Waals surface area contributed by atoms with Gasteiger partial charge in [-0.15, -0.1) is 17.9 Å². The van der Waals surface area contributed by atoms with Gasteiger partial charge in [0.1, 0.15) is 12.2 Å². The van der Waals surface area contributed by atoms with Crippen molar-refractivity contribution in [2.45, 2.75) is 31.7 Å². The summed E-state index contributed by atoms with van der Waals surface area (Å²) in [5.41, 5.74) is 7.83. The number of carbonyl (C=O) groups excluding carboxylic acids is 4. The van der Waals surface area contributed by atoms with Gasteiger partial charge < -0.3 is 15.1 Å². The van der Waals surface area contributed by atoms with E-state index in [4.69, 9.17) is 4.84 Å². The average molecular weight is 654 g/mol. The average Bonchev–Trinajstić information content (AvgIpc) is 3.57. The number of thiazole rings is 1. The molecule has 2 saturated heterocycles. The number of hydrogen-bond acceptors (Lipinski definition) is 8. The summed E-state index contributed by atoms with van der Waals surface area (Å²) in [5.74, 6) is -0.898. The predicted molar refractivity (Wildman–Crippen MR) is 176 cm³/mol. The van der Waals surface area contributed by atoms with E-state index in [2.05, 4.69) is 22.4 Å². The number of piperazine rings is 1. The van der Waals surface area contributed by atoms with Crippen molar-refractivity contribution < 1.29 is 24.0 Å². The Hall–Kier alpha value is -5.11. The van der Waals surface area contributed by atoms with E-state index in [0.717, 1.165) is 26.9 Å². The molecule has 0 spiro atoms. The second-order valence-corrected chi connectivity index (χ2v) is 12.2. The van der Waals surface area contributed by atoms with Crippen molar-refractivity contribution in [3.8, 4) is 0 Å². The van der Waals surface area contributed by atoms with Gasteiger partial charge in [-0.05, 0) is 34.9 Å². The Bertz CT molecular complexity index is 1780. The van der Waals surface area contributed by atoms with Crippen LogP contribution >= 0.6 is 11.3 Å². The number of urea groups is 1. The van der Waals surface area contributed by atoms with Crippen molar-refractivity contribution in [2.75, 3.05) is 26.7 Å². The Morgan fingerprint density at radius 3 is 2.57 bits per heavy atom. The third kappa shape index (κ3) is 6.73. The first kappa shape index (κ1) is 31.9. The van der Waals surface area contributed by atoms with Crippen LogP contribution < -0.4 is 10.8 Å². The Labute approximate surface area is 276 Å². The zero-order valence-corrected chi connectivity index (χ0v) is 26.7. The van der Waals surface area contributed by atoms with Crippen molar-refractivity contribution >= 4 is 45.3 Å². The van der Waals surface area contributed by atoms with Crippen molar-refractivity contribution in [2.24, 2.45) is 0 Å². The highest BCUT2D eigenvalue weighted by molar-refractivity contribution is 7.16. The maximum absolute atomic E-state index is 14.3. The summed E-state index contributed by atoms with van der Waals surface area (Å²) in [6.45, 7) is 4.66. The fourth-order valence-corrected chi connectivity index (χ4v) is 6.87. The highest BCUT2D eigenvalue weighted by Gasteiger charge is 2.51. The molecule has 0 saturated carbocycles. The minimum atomic E-state index is -0.898. The number of nitrogens with zero attached hydrogens (tertiary/aromatic N) is 5. The van der Waals surface area contributed by atoms with Crippen LogP contribution in [0.1, 0.15) is 27.0 Å². The summed E-state index contributed by atoms with van der Waals surface area (Å²) in [7, 11) is 1.36.